The second-order valence-electron chi connectivity index (χ2n) is 9.04. The Balaban J connectivity index is 1.13. The van der Waals surface area contributed by atoms with Crippen molar-refractivity contribution in [1.82, 2.24) is 30.0 Å². The molecule has 0 spiro atoms. The number of amides is 1. The van der Waals surface area contributed by atoms with Gasteiger partial charge in [-0.25, -0.2) is 14.6 Å². The van der Waals surface area contributed by atoms with Crippen LogP contribution >= 0.6 is 0 Å². The maximum atomic E-state index is 12.9. The van der Waals surface area contributed by atoms with Gasteiger partial charge in [-0.05, 0) is 25.1 Å². The Morgan fingerprint density at radius 2 is 1.69 bits per heavy atom. The molecular weight excluding hydrogens is 452 g/mol. The number of fused-ring (bicyclic) bond motifs is 2. The summed E-state index contributed by atoms with van der Waals surface area (Å²) < 4.78 is 1.84. The van der Waals surface area contributed by atoms with Crippen LogP contribution in [0.1, 0.15) is 16.1 Å². The maximum absolute atomic E-state index is 12.9. The van der Waals surface area contributed by atoms with Gasteiger partial charge in [0.1, 0.15) is 12.1 Å². The van der Waals surface area contributed by atoms with Crippen molar-refractivity contribution in [3.05, 3.63) is 78.4 Å². The Morgan fingerprint density at radius 1 is 0.944 bits per heavy atom. The zero-order valence-corrected chi connectivity index (χ0v) is 20.2. The molecule has 0 unspecified atom stereocenters. The van der Waals surface area contributed by atoms with E-state index in [2.05, 4.69) is 59.4 Å². The third kappa shape index (κ3) is 4.02. The molecule has 182 valence electrons. The second-order valence-corrected chi connectivity index (χ2v) is 9.04. The minimum absolute atomic E-state index is 0.0898. The molecule has 1 amide bonds. The van der Waals surface area contributed by atoms with Crippen LogP contribution in [0.4, 0.5) is 11.5 Å². The standard InChI is InChI=1S/C27H28N8O/c1-19-24(21-9-5-6-10-23(21)32-19)27(36)28-11-12-35-26-22(17-31-35)25(29-18-30-26)34-15-13-33(14-16-34)20-7-3-2-4-8-20/h2-10,17-18,32H,11-16H2,1H3,(H,28,36). The van der Waals surface area contributed by atoms with Crippen molar-refractivity contribution in [2.75, 3.05) is 42.5 Å². The largest absolute Gasteiger partial charge is 0.368 e. The van der Waals surface area contributed by atoms with Crippen molar-refractivity contribution in [3.8, 4) is 0 Å². The number of aromatic nitrogens is 5. The summed E-state index contributed by atoms with van der Waals surface area (Å²) in [5, 5.41) is 9.47. The number of piperazine rings is 1. The molecule has 9 nitrogen and oxygen atoms in total. The van der Waals surface area contributed by atoms with Crippen LogP contribution in [0.2, 0.25) is 0 Å². The van der Waals surface area contributed by atoms with Gasteiger partial charge in [-0.3, -0.25) is 4.79 Å². The number of nitrogens with zero attached hydrogens (tertiary/aromatic N) is 6. The molecule has 6 rings (SSSR count). The van der Waals surface area contributed by atoms with Crippen molar-refractivity contribution < 1.29 is 4.79 Å². The molecular formula is C27H28N8O. The summed E-state index contributed by atoms with van der Waals surface area (Å²) in [5.74, 6) is 0.824. The first-order valence-electron chi connectivity index (χ1n) is 12.3. The van der Waals surface area contributed by atoms with E-state index in [9.17, 15) is 4.79 Å². The first kappa shape index (κ1) is 22.1. The Labute approximate surface area is 208 Å². The Bertz CT molecular complexity index is 1520. The zero-order chi connectivity index (χ0) is 24.5. The molecule has 1 aliphatic heterocycles. The number of carbonyl (C=O) groups excluding carboxylic acids is 1. The molecule has 5 aromatic rings. The summed E-state index contributed by atoms with van der Waals surface area (Å²) in [5.41, 5.74) is 4.55. The van der Waals surface area contributed by atoms with E-state index in [1.165, 1.54) is 5.69 Å². The molecule has 0 radical (unpaired) electrons. The quantitative estimate of drug-likeness (QED) is 0.387. The number of para-hydroxylation sites is 2. The summed E-state index contributed by atoms with van der Waals surface area (Å²) in [4.78, 5) is 30.0. The molecule has 0 aliphatic carbocycles. The van der Waals surface area contributed by atoms with E-state index >= 15 is 0 Å². The smallest absolute Gasteiger partial charge is 0.253 e. The monoisotopic (exact) mass is 480 g/mol. The number of carbonyl (C=O) groups is 1. The van der Waals surface area contributed by atoms with E-state index < -0.39 is 0 Å². The summed E-state index contributed by atoms with van der Waals surface area (Å²) in [6.45, 7) is 6.52. The fourth-order valence-corrected chi connectivity index (χ4v) is 5.04. The lowest BCUT2D eigenvalue weighted by atomic mass is 10.1. The number of aryl methyl sites for hydroxylation is 1. The van der Waals surface area contributed by atoms with Gasteiger partial charge in [0.15, 0.2) is 5.65 Å². The van der Waals surface area contributed by atoms with Gasteiger partial charge in [-0.1, -0.05) is 36.4 Å². The summed E-state index contributed by atoms with van der Waals surface area (Å²) in [6.07, 6.45) is 3.44. The lowest BCUT2D eigenvalue weighted by molar-refractivity contribution is 0.0953. The first-order chi connectivity index (χ1) is 17.7. The van der Waals surface area contributed by atoms with E-state index in [-0.39, 0.29) is 5.91 Å². The number of nitrogens with one attached hydrogen (secondary N) is 2. The minimum Gasteiger partial charge on any atom is -0.368 e. The molecule has 36 heavy (non-hydrogen) atoms. The van der Waals surface area contributed by atoms with Crippen molar-refractivity contribution in [1.29, 1.82) is 0 Å². The number of hydrogen-bond acceptors (Lipinski definition) is 6. The van der Waals surface area contributed by atoms with Gasteiger partial charge in [0.05, 0.1) is 23.7 Å². The fraction of sp³-hybridized carbons (Fsp3) is 0.259. The highest BCUT2D eigenvalue weighted by Gasteiger charge is 2.22. The molecule has 0 saturated carbocycles. The molecule has 1 fully saturated rings. The summed E-state index contributed by atoms with van der Waals surface area (Å²) >= 11 is 0. The van der Waals surface area contributed by atoms with Crippen LogP contribution in [0.5, 0.6) is 0 Å². The van der Waals surface area contributed by atoms with E-state index in [0.717, 1.165) is 59.6 Å². The molecule has 0 bridgehead atoms. The third-order valence-corrected chi connectivity index (χ3v) is 6.84. The van der Waals surface area contributed by atoms with Gasteiger partial charge in [-0.2, -0.15) is 5.10 Å². The van der Waals surface area contributed by atoms with Gasteiger partial charge in [-0.15, -0.1) is 0 Å². The van der Waals surface area contributed by atoms with Gasteiger partial charge in [0.2, 0.25) is 0 Å². The highest BCUT2D eigenvalue weighted by molar-refractivity contribution is 6.08. The van der Waals surface area contributed by atoms with Crippen LogP contribution in [0.3, 0.4) is 0 Å². The molecule has 0 atom stereocenters. The van der Waals surface area contributed by atoms with Crippen LogP contribution in [0, 0.1) is 6.92 Å². The minimum atomic E-state index is -0.0898. The highest BCUT2D eigenvalue weighted by atomic mass is 16.1. The van der Waals surface area contributed by atoms with Gasteiger partial charge in [0, 0.05) is 55.0 Å². The fourth-order valence-electron chi connectivity index (χ4n) is 5.04. The maximum Gasteiger partial charge on any atom is 0.253 e. The molecule has 3 aromatic heterocycles. The van der Waals surface area contributed by atoms with Crippen LogP contribution in [-0.4, -0.2) is 63.4 Å². The number of benzene rings is 2. The van der Waals surface area contributed by atoms with E-state index in [4.69, 9.17) is 0 Å². The second kappa shape index (κ2) is 9.33. The van der Waals surface area contributed by atoms with E-state index in [1.54, 1.807) is 6.33 Å². The lowest BCUT2D eigenvalue weighted by Gasteiger charge is -2.36. The molecule has 1 saturated heterocycles. The Kier molecular flexibility index (Phi) is 5.73. The summed E-state index contributed by atoms with van der Waals surface area (Å²) in [7, 11) is 0. The summed E-state index contributed by atoms with van der Waals surface area (Å²) in [6, 6.07) is 18.4. The number of hydrogen-bond donors (Lipinski definition) is 2. The van der Waals surface area contributed by atoms with Gasteiger partial charge in [0.25, 0.3) is 5.91 Å². The Morgan fingerprint density at radius 3 is 2.53 bits per heavy atom. The molecule has 2 N–H and O–H groups in total. The van der Waals surface area contributed by atoms with Crippen molar-refractivity contribution in [2.45, 2.75) is 13.5 Å². The Hall–Kier alpha value is -4.40. The first-order valence-corrected chi connectivity index (χ1v) is 12.3. The topological polar surface area (TPSA) is 95.0 Å². The predicted octanol–water partition coefficient (Wildman–Crippen LogP) is 3.37. The number of aromatic amines is 1. The molecule has 1 aliphatic rings. The normalized spacial score (nSPS) is 14.0. The van der Waals surface area contributed by atoms with Crippen LogP contribution < -0.4 is 15.1 Å². The molecule has 4 heterocycles. The predicted molar refractivity (Wildman–Crippen MR) is 142 cm³/mol. The van der Waals surface area contributed by atoms with Crippen LogP contribution in [0.15, 0.2) is 67.1 Å². The van der Waals surface area contributed by atoms with E-state index in [1.807, 2.05) is 48.1 Å². The average molecular weight is 481 g/mol. The zero-order valence-electron chi connectivity index (χ0n) is 20.2. The molecule has 2 aromatic carbocycles. The van der Waals surface area contributed by atoms with Crippen LogP contribution in [-0.2, 0) is 6.54 Å². The van der Waals surface area contributed by atoms with Gasteiger partial charge < -0.3 is 20.1 Å². The SMILES string of the molecule is Cc1[nH]c2ccccc2c1C(=O)NCCn1ncc2c(N3CCN(c4ccccc4)CC3)ncnc21. The van der Waals surface area contributed by atoms with Crippen molar-refractivity contribution >= 4 is 39.3 Å². The van der Waals surface area contributed by atoms with E-state index in [0.29, 0.717) is 18.7 Å². The number of H-pyrrole nitrogens is 1. The lowest BCUT2D eigenvalue weighted by Crippen LogP contribution is -2.46. The average Bonchev–Trinajstić information content (AvgIpc) is 3.49. The van der Waals surface area contributed by atoms with Gasteiger partial charge >= 0.3 is 0 Å². The van der Waals surface area contributed by atoms with Crippen molar-refractivity contribution in [3.63, 3.8) is 0 Å². The molecule has 9 heteroatoms. The number of rotatable bonds is 6. The van der Waals surface area contributed by atoms with Crippen LogP contribution in [0.25, 0.3) is 21.9 Å². The van der Waals surface area contributed by atoms with Crippen molar-refractivity contribution in [2.24, 2.45) is 0 Å². The highest BCUT2D eigenvalue weighted by Crippen LogP contribution is 2.25. The third-order valence-electron chi connectivity index (χ3n) is 6.84. The number of anilines is 2.